The summed E-state index contributed by atoms with van der Waals surface area (Å²) in [4.78, 5) is 25.1. The molecule has 8 nitrogen and oxygen atoms in total. The van der Waals surface area contributed by atoms with Crippen LogP contribution in [-0.2, 0) is 18.7 Å². The van der Waals surface area contributed by atoms with Gasteiger partial charge in [-0.2, -0.15) is 74.6 Å². The number of allylic oxidation sites excluding steroid dienone is 1. The highest BCUT2D eigenvalue weighted by Gasteiger charge is 2.95. The van der Waals surface area contributed by atoms with Crippen LogP contribution in [0, 0.1) is 5.92 Å². The third-order valence-electron chi connectivity index (χ3n) is 11.3. The van der Waals surface area contributed by atoms with Crippen molar-refractivity contribution in [1.29, 1.82) is 0 Å². The van der Waals surface area contributed by atoms with Crippen LogP contribution in [0.15, 0.2) is 60.2 Å². The minimum Gasteiger partial charge on any atom is -0.497 e. The van der Waals surface area contributed by atoms with Crippen LogP contribution in [0.2, 0.25) is 17.1 Å². The average Bonchev–Trinajstić information content (AvgIpc) is 3.24. The summed E-state index contributed by atoms with van der Waals surface area (Å²) in [6.07, 6.45) is -9.68. The van der Waals surface area contributed by atoms with Crippen molar-refractivity contribution in [3.63, 3.8) is 0 Å². The molecule has 0 aliphatic carbocycles. The van der Waals surface area contributed by atoms with Crippen molar-refractivity contribution < 1.29 is 108 Å². The minimum absolute atomic E-state index is 0.135. The number of amides is 1. The number of methoxy groups -OCH3 is 1. The van der Waals surface area contributed by atoms with Gasteiger partial charge in [0.2, 0.25) is 0 Å². The number of benzene rings is 2. The monoisotopic (exact) mass is 1050 g/mol. The molecular formula is C43H52F17NO7Si. The summed E-state index contributed by atoms with van der Waals surface area (Å²) in [6, 6.07) is 10.9. The van der Waals surface area contributed by atoms with E-state index in [1.54, 1.807) is 51.1 Å². The van der Waals surface area contributed by atoms with E-state index in [0.717, 1.165) is 0 Å². The lowest BCUT2D eigenvalue weighted by Crippen LogP contribution is -2.74. The smallest absolute Gasteiger partial charge is 0.460 e. The fourth-order valence-corrected chi connectivity index (χ4v) is 11.5. The second-order valence-electron chi connectivity index (χ2n) is 16.5. The Hall–Kier alpha value is -4.49. The quantitative estimate of drug-likeness (QED) is 0.0330. The molecule has 1 amide bonds. The normalized spacial score (nSPS) is 15.0. The number of hydrogen-bond donors (Lipinski definition) is 1. The summed E-state index contributed by atoms with van der Waals surface area (Å²) in [5.41, 5.74) is -0.573. The van der Waals surface area contributed by atoms with Crippen molar-refractivity contribution in [3.8, 4) is 11.5 Å². The van der Waals surface area contributed by atoms with Crippen molar-refractivity contribution in [3.05, 3.63) is 65.7 Å². The molecule has 0 saturated carbocycles. The van der Waals surface area contributed by atoms with Crippen LogP contribution in [0.4, 0.5) is 85.1 Å². The maximum atomic E-state index is 15.0. The predicted octanol–water partition coefficient (Wildman–Crippen LogP) is 14.5. The number of hydrogen-bond acceptors (Lipinski definition) is 7. The minimum atomic E-state index is -8.70. The molecule has 26 heteroatoms. The SMILES string of the molecule is CCOC(=O)/C(C)=C/CC[C@@H](C)[C@@H](OC(=O)Nc1ccc(OC)cc1)c1ccc(OCCO[Si](CCC(F)(F)C(F)(F)C(F)(F)C(F)(F)C(F)(F)C(F)(F)C(F)(F)C(F)(F)F)(C(C)C)C(C)C)cc1. The number of alkyl halides is 17. The Morgan fingerprint density at radius 2 is 1.14 bits per heavy atom. The molecule has 2 rings (SSSR count). The van der Waals surface area contributed by atoms with E-state index in [0.29, 0.717) is 35.4 Å². The maximum Gasteiger partial charge on any atom is 0.460 e. The maximum absolute atomic E-state index is 15.0. The summed E-state index contributed by atoms with van der Waals surface area (Å²) >= 11 is 0. The van der Waals surface area contributed by atoms with Gasteiger partial charge in [-0.15, -0.1) is 0 Å². The average molecular weight is 1050 g/mol. The van der Waals surface area contributed by atoms with Gasteiger partial charge in [-0.25, -0.2) is 9.59 Å². The first kappa shape index (κ1) is 60.6. The molecule has 2 aromatic carbocycles. The standard InChI is InChI=1S/C43H52F17NO7Si/c1-9-65-34(62)28(7)12-10-11-27(6)33(68-35(63)61-30-15-19-31(64-8)20-16-30)29-13-17-32(18-14-29)66-22-23-67-69(25(2)3,26(4)5)24-21-36(44,45)37(46,47)38(48,49)39(50,51)40(52,53)41(54,55)42(56,57)43(58,59)60/h12-20,25-27,33H,9-11,21-24H2,1-8H3,(H,61,63)/b28-12+/t27-,33-/m1/s1. The van der Waals surface area contributed by atoms with Crippen molar-refractivity contribution in [2.75, 3.05) is 32.2 Å². The molecule has 0 heterocycles. The molecule has 1 N–H and O–H groups in total. The second-order valence-corrected chi connectivity index (χ2v) is 21.5. The lowest BCUT2D eigenvalue weighted by Gasteiger charge is -2.44. The van der Waals surface area contributed by atoms with E-state index >= 15 is 8.78 Å². The van der Waals surface area contributed by atoms with E-state index in [4.69, 9.17) is 23.4 Å². The first-order valence-electron chi connectivity index (χ1n) is 20.9. The second kappa shape index (κ2) is 22.7. The summed E-state index contributed by atoms with van der Waals surface area (Å²) in [5, 5.41) is 2.61. The highest BCUT2D eigenvalue weighted by molar-refractivity contribution is 6.76. The Bertz CT molecular complexity index is 2010. The van der Waals surface area contributed by atoms with Crippen LogP contribution in [-0.4, -0.2) is 94.9 Å². The molecule has 0 aliphatic heterocycles. The molecule has 0 radical (unpaired) electrons. The number of nitrogens with one attached hydrogen (secondary N) is 1. The van der Waals surface area contributed by atoms with Crippen molar-refractivity contribution in [2.24, 2.45) is 5.92 Å². The van der Waals surface area contributed by atoms with Gasteiger partial charge in [0.1, 0.15) is 24.2 Å². The highest BCUT2D eigenvalue weighted by Crippen LogP contribution is 2.64. The van der Waals surface area contributed by atoms with Gasteiger partial charge >= 0.3 is 59.7 Å². The van der Waals surface area contributed by atoms with Crippen molar-refractivity contribution in [1.82, 2.24) is 0 Å². The fraction of sp³-hybridized carbons (Fsp3) is 0.628. The van der Waals surface area contributed by atoms with E-state index in [-0.39, 0.29) is 18.3 Å². The molecule has 0 fully saturated rings. The third-order valence-corrected chi connectivity index (χ3v) is 16.9. The number of halogens is 17. The van der Waals surface area contributed by atoms with Gasteiger partial charge in [-0.1, -0.05) is 52.8 Å². The third kappa shape index (κ3) is 12.9. The number of ether oxygens (including phenoxy) is 4. The van der Waals surface area contributed by atoms with Crippen LogP contribution >= 0.6 is 0 Å². The first-order valence-corrected chi connectivity index (χ1v) is 23.2. The van der Waals surface area contributed by atoms with Crippen molar-refractivity contribution in [2.45, 2.75) is 139 Å². The Morgan fingerprint density at radius 3 is 1.61 bits per heavy atom. The Balaban J connectivity index is 2.30. The number of esters is 1. The highest BCUT2D eigenvalue weighted by atomic mass is 28.4. The molecule has 394 valence electrons. The van der Waals surface area contributed by atoms with Gasteiger partial charge in [-0.3, -0.25) is 5.32 Å². The zero-order chi connectivity index (χ0) is 53.4. The van der Waals surface area contributed by atoms with E-state index < -0.39 is 111 Å². The summed E-state index contributed by atoms with van der Waals surface area (Å²) < 4.78 is 264. The number of anilines is 1. The number of carbonyl (C=O) groups is 2. The summed E-state index contributed by atoms with van der Waals surface area (Å²) in [7, 11) is -2.56. The predicted molar refractivity (Wildman–Crippen MR) is 219 cm³/mol. The van der Waals surface area contributed by atoms with Gasteiger partial charge < -0.3 is 23.4 Å². The van der Waals surface area contributed by atoms with E-state index in [2.05, 4.69) is 5.32 Å². The molecule has 2 atom stereocenters. The number of carbonyl (C=O) groups excluding carboxylic acids is 2. The number of rotatable bonds is 26. The van der Waals surface area contributed by atoms with Crippen LogP contribution < -0.4 is 14.8 Å². The first-order chi connectivity index (χ1) is 31.4. The fourth-order valence-electron chi connectivity index (χ4n) is 6.99. The van der Waals surface area contributed by atoms with E-state index in [9.17, 15) is 75.4 Å². The van der Waals surface area contributed by atoms with Crippen molar-refractivity contribution >= 4 is 26.1 Å². The molecule has 0 aliphatic rings. The van der Waals surface area contributed by atoms with Gasteiger partial charge in [-0.05, 0) is 91.7 Å². The molecule has 0 unspecified atom stereocenters. The summed E-state index contributed by atoms with van der Waals surface area (Å²) in [5.74, 6) is -57.1. The van der Waals surface area contributed by atoms with E-state index in [1.165, 1.54) is 59.1 Å². The zero-order valence-corrected chi connectivity index (χ0v) is 39.2. The van der Waals surface area contributed by atoms with Crippen LogP contribution in [0.25, 0.3) is 0 Å². The van der Waals surface area contributed by atoms with E-state index in [1.807, 2.05) is 0 Å². The molecule has 0 saturated heterocycles. The Labute approximate surface area is 387 Å². The lowest BCUT2D eigenvalue weighted by molar-refractivity contribution is -0.461. The van der Waals surface area contributed by atoms with Crippen LogP contribution in [0.1, 0.15) is 79.4 Å². The summed E-state index contributed by atoms with van der Waals surface area (Å²) in [6.45, 7) is 9.53. The van der Waals surface area contributed by atoms with Crippen LogP contribution in [0.3, 0.4) is 0 Å². The van der Waals surface area contributed by atoms with Crippen LogP contribution in [0.5, 0.6) is 11.5 Å². The largest absolute Gasteiger partial charge is 0.497 e. The molecule has 69 heavy (non-hydrogen) atoms. The molecule has 0 aromatic heterocycles. The zero-order valence-electron chi connectivity index (χ0n) is 38.2. The van der Waals surface area contributed by atoms with Gasteiger partial charge in [0.05, 0.1) is 20.3 Å². The molecular weight excluding hydrogens is 994 g/mol. The topological polar surface area (TPSA) is 92.3 Å². The van der Waals surface area contributed by atoms with Gasteiger partial charge in [0.25, 0.3) is 0 Å². The molecule has 0 bridgehead atoms. The Kier molecular flexibility index (Phi) is 20.0. The van der Waals surface area contributed by atoms with Gasteiger partial charge in [0.15, 0.2) is 8.32 Å². The molecule has 2 aromatic rings. The molecule has 0 spiro atoms. The lowest BCUT2D eigenvalue weighted by atomic mass is 9.88. The Morgan fingerprint density at radius 1 is 0.667 bits per heavy atom. The van der Waals surface area contributed by atoms with Gasteiger partial charge in [0, 0.05) is 17.7 Å².